The van der Waals surface area contributed by atoms with Gasteiger partial charge >= 0.3 is 23.5 Å². The molecule has 0 bridgehead atoms. The van der Waals surface area contributed by atoms with E-state index in [1.54, 1.807) is 0 Å². The van der Waals surface area contributed by atoms with Gasteiger partial charge in [0.1, 0.15) is 36.3 Å². The smallest absolute Gasteiger partial charge is 0.386 e. The Labute approximate surface area is 407 Å². The molecule has 1 saturated heterocycles. The molecule has 1 aliphatic rings. The molecular formula is C38H68LiN7O17P3S. The molecule has 3 rings (SSSR count). The van der Waals surface area contributed by atoms with Gasteiger partial charge in [-0.05, 0) is 6.42 Å². The summed E-state index contributed by atoms with van der Waals surface area (Å²) in [5.41, 5.74) is 4.29. The van der Waals surface area contributed by atoms with E-state index in [1.165, 1.54) is 84.5 Å². The standard InChI is InChI=1S/C38H68N7O17P3S.Li/c1-4-5-6-7-8-9-10-11-12-13-14-15-16-17-18-29(47)66-22-21-40-28(46)19-20-41-36(50)33(49)38(2,3)24-59-65(56,57)62-64(54,55)58-23-27-32(61-63(51,52)53)31(48)37(60-27)45-26-44-30-34(39)42-25-43-35(30)45;/h25-27,31-33,37,48-49H,4-24H2,1-3H3,(H,40,46)(H,41,50)(H,54,55)(H,56,57)(H2,39,42,43)(H2,51,52,53);/t27-,31-,32-,33+,37-;/m1./s1. The molecule has 2 amide bonds. The number of nitrogen functional groups attached to an aromatic ring is 1. The third-order valence-electron chi connectivity index (χ3n) is 10.5. The molecule has 10 N–H and O–H groups in total. The van der Waals surface area contributed by atoms with Gasteiger partial charge in [0.05, 0.1) is 19.5 Å². The van der Waals surface area contributed by atoms with E-state index in [0.717, 1.165) is 48.2 Å². The summed E-state index contributed by atoms with van der Waals surface area (Å²) < 4.78 is 62.4. The second-order valence-corrected chi connectivity index (χ2v) is 22.0. The number of anilines is 1. The Hall–Kier alpha value is -1.84. The number of rotatable bonds is 34. The van der Waals surface area contributed by atoms with Crippen molar-refractivity contribution in [3.8, 4) is 0 Å². The Morgan fingerprint density at radius 1 is 0.866 bits per heavy atom. The van der Waals surface area contributed by atoms with Crippen molar-refractivity contribution in [3.05, 3.63) is 12.7 Å². The summed E-state index contributed by atoms with van der Waals surface area (Å²) in [6.45, 7) is 2.82. The maximum Gasteiger partial charge on any atom is 0.481 e. The van der Waals surface area contributed by atoms with Crippen LogP contribution in [0.4, 0.5) is 5.82 Å². The van der Waals surface area contributed by atoms with Gasteiger partial charge in [0, 0.05) is 56.0 Å². The number of unbranched alkanes of at least 4 members (excludes halogenated alkanes) is 13. The van der Waals surface area contributed by atoms with Crippen LogP contribution in [0.1, 0.15) is 130 Å². The van der Waals surface area contributed by atoms with Crippen molar-refractivity contribution < 1.29 is 80.5 Å². The molecule has 67 heavy (non-hydrogen) atoms. The van der Waals surface area contributed by atoms with E-state index < -0.39 is 84.6 Å². The van der Waals surface area contributed by atoms with Crippen molar-refractivity contribution in [2.45, 2.75) is 154 Å². The number of carbonyl (C=O) groups is 3. The van der Waals surface area contributed by atoms with E-state index in [1.807, 2.05) is 0 Å². The molecule has 1 aliphatic heterocycles. The van der Waals surface area contributed by atoms with E-state index >= 15 is 0 Å². The number of nitrogens with two attached hydrogens (primary N) is 1. The molecule has 1 fully saturated rings. The van der Waals surface area contributed by atoms with Crippen LogP contribution in [-0.2, 0) is 50.7 Å². The molecule has 1 radical (unpaired) electrons. The van der Waals surface area contributed by atoms with Crippen molar-refractivity contribution in [1.82, 2.24) is 30.2 Å². The Kier molecular flexibility index (Phi) is 27.6. The number of ether oxygens (including phenoxy) is 1. The van der Waals surface area contributed by atoms with Gasteiger partial charge in [0.25, 0.3) is 0 Å². The van der Waals surface area contributed by atoms with Crippen molar-refractivity contribution in [2.24, 2.45) is 5.41 Å². The fourth-order valence-electron chi connectivity index (χ4n) is 6.83. The molecule has 2 aromatic heterocycles. The number of hydrogen-bond acceptors (Lipinski definition) is 18. The number of imidazole rings is 1. The van der Waals surface area contributed by atoms with Gasteiger partial charge in [-0.1, -0.05) is 116 Å². The molecule has 24 nitrogen and oxygen atoms in total. The molecule has 0 saturated carbocycles. The fourth-order valence-corrected chi connectivity index (χ4v) is 10.4. The second-order valence-electron chi connectivity index (χ2n) is 16.6. The average Bonchev–Trinajstić information content (AvgIpc) is 3.80. The first-order valence-corrected chi connectivity index (χ1v) is 27.6. The molecule has 379 valence electrons. The summed E-state index contributed by atoms with van der Waals surface area (Å²) in [5, 5.41) is 26.7. The van der Waals surface area contributed by atoms with Crippen LogP contribution in [0.25, 0.3) is 11.2 Å². The average molecular weight is 1030 g/mol. The first kappa shape index (κ1) is 61.3. The number of hydrogen-bond donors (Lipinski definition) is 9. The van der Waals surface area contributed by atoms with E-state index in [0.29, 0.717) is 12.2 Å². The number of phosphoric ester groups is 3. The SMILES string of the molecule is CCCCCCCCCCCCCCCCC(=O)SCCNC(=O)CCNC(=O)[C@H](O)C(C)(C)COP(=O)(O)OP(=O)(O)OC[C@H]1O[C@@H](n2cnc3c(N)ncnc32)[C@H](O)[C@@H]1OP(=O)(O)O.[Li]. The Bertz CT molecular complexity index is 1990. The topological polar surface area (TPSA) is 364 Å². The molecule has 7 atom stereocenters. The zero-order chi connectivity index (χ0) is 49.0. The maximum absolute atomic E-state index is 12.7. The first-order chi connectivity index (χ1) is 31.1. The zero-order valence-electron chi connectivity index (χ0n) is 38.7. The van der Waals surface area contributed by atoms with Crippen molar-refractivity contribution in [2.75, 3.05) is 37.8 Å². The number of nitrogens with zero attached hydrogens (tertiary/aromatic N) is 4. The van der Waals surface area contributed by atoms with Crippen LogP contribution < -0.4 is 16.4 Å². The monoisotopic (exact) mass is 1030 g/mol. The van der Waals surface area contributed by atoms with Crippen LogP contribution in [0.5, 0.6) is 0 Å². The number of thioether (sulfide) groups is 1. The molecular weight excluding hydrogens is 958 g/mol. The van der Waals surface area contributed by atoms with Gasteiger partial charge in [-0.25, -0.2) is 28.6 Å². The van der Waals surface area contributed by atoms with Crippen LogP contribution in [0.3, 0.4) is 0 Å². The number of aromatic nitrogens is 4. The summed E-state index contributed by atoms with van der Waals surface area (Å²) in [6, 6.07) is 0. The van der Waals surface area contributed by atoms with Gasteiger partial charge in [-0.3, -0.25) is 32.5 Å². The van der Waals surface area contributed by atoms with Crippen LogP contribution in [-0.4, -0.2) is 142 Å². The number of fused-ring (bicyclic) bond motifs is 1. The number of aliphatic hydroxyl groups excluding tert-OH is 2. The van der Waals surface area contributed by atoms with Gasteiger partial charge in [0.15, 0.2) is 22.8 Å². The third kappa shape index (κ3) is 22.8. The van der Waals surface area contributed by atoms with Gasteiger partial charge in [-0.15, -0.1) is 0 Å². The number of carbonyl (C=O) groups excluding carboxylic acids is 3. The fraction of sp³-hybridized carbons (Fsp3) is 0.789. The Balaban J connectivity index is 0.0000154. The second kappa shape index (κ2) is 30.1. The van der Waals surface area contributed by atoms with Gasteiger partial charge in [0.2, 0.25) is 11.8 Å². The quantitative estimate of drug-likeness (QED) is 0.0270. The van der Waals surface area contributed by atoms with Crippen LogP contribution >= 0.6 is 35.2 Å². The molecule has 29 heteroatoms. The summed E-state index contributed by atoms with van der Waals surface area (Å²) in [4.78, 5) is 88.3. The minimum Gasteiger partial charge on any atom is -0.386 e. The summed E-state index contributed by atoms with van der Waals surface area (Å²) in [6.07, 6.45) is 10.9. The molecule has 2 unspecified atom stereocenters. The molecule has 0 aliphatic carbocycles. The normalized spacial score (nSPS) is 19.9. The van der Waals surface area contributed by atoms with Crippen LogP contribution in [0.15, 0.2) is 12.7 Å². The Morgan fingerprint density at radius 2 is 1.45 bits per heavy atom. The first-order valence-electron chi connectivity index (χ1n) is 22.1. The van der Waals surface area contributed by atoms with Gasteiger partial charge < -0.3 is 50.9 Å². The van der Waals surface area contributed by atoms with Crippen LogP contribution in [0.2, 0.25) is 0 Å². The molecule has 0 spiro atoms. The van der Waals surface area contributed by atoms with E-state index in [2.05, 4.69) is 41.3 Å². The number of nitrogens with one attached hydrogen (secondary N) is 2. The summed E-state index contributed by atoms with van der Waals surface area (Å²) in [5.74, 6) is -1.02. The van der Waals surface area contributed by atoms with E-state index in [-0.39, 0.29) is 60.5 Å². The van der Waals surface area contributed by atoms with E-state index in [4.69, 9.17) is 19.5 Å². The van der Waals surface area contributed by atoms with E-state index in [9.17, 15) is 57.9 Å². The van der Waals surface area contributed by atoms with Gasteiger partial charge in [-0.2, -0.15) is 4.31 Å². The maximum atomic E-state index is 12.7. The Morgan fingerprint density at radius 3 is 2.04 bits per heavy atom. The number of aliphatic hydroxyl groups is 2. The third-order valence-corrected chi connectivity index (χ3v) is 14.5. The van der Waals surface area contributed by atoms with Crippen molar-refractivity contribution in [1.29, 1.82) is 0 Å². The van der Waals surface area contributed by atoms with Crippen LogP contribution in [0, 0.1) is 5.41 Å². The minimum absolute atomic E-state index is 0. The number of phosphoric acid groups is 3. The molecule has 2 aromatic rings. The number of amides is 2. The minimum atomic E-state index is -5.57. The zero-order valence-corrected chi connectivity index (χ0v) is 42.2. The summed E-state index contributed by atoms with van der Waals surface area (Å²) in [7, 11) is -16.4. The predicted molar refractivity (Wildman–Crippen MR) is 248 cm³/mol. The van der Waals surface area contributed by atoms with Crippen molar-refractivity contribution >= 4 is 88.0 Å². The summed E-state index contributed by atoms with van der Waals surface area (Å²) >= 11 is 1.16. The predicted octanol–water partition coefficient (Wildman–Crippen LogP) is 4.16. The largest absolute Gasteiger partial charge is 0.481 e. The molecule has 0 aromatic carbocycles. The van der Waals surface area contributed by atoms with Crippen molar-refractivity contribution in [3.63, 3.8) is 0 Å². The molecule has 3 heterocycles.